The van der Waals surface area contributed by atoms with Gasteiger partial charge in [-0.1, -0.05) is 5.16 Å². The Bertz CT molecular complexity index is 637. The van der Waals surface area contributed by atoms with Crippen molar-refractivity contribution in [2.24, 2.45) is 16.8 Å². The molecule has 1 aromatic rings. The van der Waals surface area contributed by atoms with Crippen molar-refractivity contribution >= 4 is 27.3 Å². The van der Waals surface area contributed by atoms with Crippen molar-refractivity contribution < 1.29 is 18.4 Å². The quantitative estimate of drug-likeness (QED) is 0.317. The molecule has 8 heteroatoms. The minimum absolute atomic E-state index is 0.0234. The van der Waals surface area contributed by atoms with Gasteiger partial charge in [0.1, 0.15) is 0 Å². The first-order valence-electron chi connectivity index (χ1n) is 6.00. The van der Waals surface area contributed by atoms with Gasteiger partial charge in [-0.3, -0.25) is 4.79 Å². The number of oxime groups is 1. The first-order valence-corrected chi connectivity index (χ1v) is 7.82. The highest BCUT2D eigenvalue weighted by Crippen LogP contribution is 2.20. The van der Waals surface area contributed by atoms with E-state index in [1.807, 2.05) is 0 Å². The summed E-state index contributed by atoms with van der Waals surface area (Å²) in [6, 6.07) is 6.40. The molecule has 1 amide bonds. The minimum Gasteiger partial charge on any atom is -0.409 e. The Morgan fingerprint density at radius 3 is 2.50 bits per heavy atom. The van der Waals surface area contributed by atoms with E-state index in [1.165, 1.54) is 0 Å². The first-order chi connectivity index (χ1) is 9.41. The van der Waals surface area contributed by atoms with Crippen molar-refractivity contribution in [1.82, 2.24) is 0 Å². The standard InChI is InChI=1S/C12H15N3O4S/c13-11(15-17)8-1-3-10(4-2-8)14-12(16)9-5-6-20(18,19)7-9/h1-4,9,17H,5-7H2,(H2,13,15)(H,14,16). The van der Waals surface area contributed by atoms with Gasteiger partial charge in [0, 0.05) is 11.3 Å². The number of anilines is 1. The number of amidine groups is 1. The average Bonchev–Trinajstić information content (AvgIpc) is 2.79. The topological polar surface area (TPSA) is 122 Å². The predicted octanol–water partition coefficient (Wildman–Crippen LogP) is 0.154. The second-order valence-electron chi connectivity index (χ2n) is 4.65. The molecule has 1 saturated heterocycles. The molecular formula is C12H15N3O4S. The SMILES string of the molecule is NC(=NO)c1ccc(NC(=O)C2CCS(=O)(=O)C2)cc1. The summed E-state index contributed by atoms with van der Waals surface area (Å²) in [5.41, 5.74) is 6.48. The number of amides is 1. The molecule has 0 spiro atoms. The highest BCUT2D eigenvalue weighted by Gasteiger charge is 2.32. The van der Waals surface area contributed by atoms with Gasteiger partial charge in [0.05, 0.1) is 17.4 Å². The average molecular weight is 297 g/mol. The van der Waals surface area contributed by atoms with E-state index in [1.54, 1.807) is 24.3 Å². The molecule has 1 aromatic carbocycles. The number of rotatable bonds is 3. The van der Waals surface area contributed by atoms with Gasteiger partial charge in [-0.2, -0.15) is 0 Å². The zero-order chi connectivity index (χ0) is 14.8. The maximum absolute atomic E-state index is 11.9. The monoisotopic (exact) mass is 297 g/mol. The van der Waals surface area contributed by atoms with E-state index in [0.717, 1.165) is 0 Å². The maximum Gasteiger partial charge on any atom is 0.228 e. The van der Waals surface area contributed by atoms with Crippen LogP contribution in [0.15, 0.2) is 29.4 Å². The van der Waals surface area contributed by atoms with Gasteiger partial charge in [-0.15, -0.1) is 0 Å². The molecule has 7 nitrogen and oxygen atoms in total. The van der Waals surface area contributed by atoms with Gasteiger partial charge in [0.25, 0.3) is 0 Å². The van der Waals surface area contributed by atoms with Crippen LogP contribution in [0.2, 0.25) is 0 Å². The molecule has 1 unspecified atom stereocenters. The summed E-state index contributed by atoms with van der Waals surface area (Å²) in [5, 5.41) is 14.1. The zero-order valence-electron chi connectivity index (χ0n) is 10.6. The van der Waals surface area contributed by atoms with E-state index in [9.17, 15) is 13.2 Å². The van der Waals surface area contributed by atoms with Crippen LogP contribution in [0, 0.1) is 5.92 Å². The lowest BCUT2D eigenvalue weighted by Gasteiger charge is -2.09. The third-order valence-corrected chi connectivity index (χ3v) is 4.93. The van der Waals surface area contributed by atoms with E-state index in [0.29, 0.717) is 17.7 Å². The lowest BCUT2D eigenvalue weighted by Crippen LogP contribution is -2.23. The van der Waals surface area contributed by atoms with Crippen LogP contribution >= 0.6 is 0 Å². The highest BCUT2D eigenvalue weighted by molar-refractivity contribution is 7.91. The third kappa shape index (κ3) is 3.27. The third-order valence-electron chi connectivity index (χ3n) is 3.16. The van der Waals surface area contributed by atoms with Crippen LogP contribution in [0.5, 0.6) is 0 Å². The lowest BCUT2D eigenvalue weighted by atomic mass is 10.1. The first kappa shape index (κ1) is 14.3. The second-order valence-corrected chi connectivity index (χ2v) is 6.88. The molecule has 1 heterocycles. The Morgan fingerprint density at radius 1 is 1.35 bits per heavy atom. The summed E-state index contributed by atoms with van der Waals surface area (Å²) in [5.74, 6) is -0.856. The molecule has 0 saturated carbocycles. The lowest BCUT2D eigenvalue weighted by molar-refractivity contribution is -0.119. The van der Waals surface area contributed by atoms with Gasteiger partial charge in [0.15, 0.2) is 15.7 Å². The molecule has 0 aliphatic carbocycles. The number of hydrogen-bond donors (Lipinski definition) is 3. The summed E-state index contributed by atoms with van der Waals surface area (Å²) >= 11 is 0. The summed E-state index contributed by atoms with van der Waals surface area (Å²) in [6.07, 6.45) is 0.358. The number of carbonyl (C=O) groups is 1. The Labute approximate surface area is 116 Å². The fourth-order valence-corrected chi connectivity index (χ4v) is 3.77. The summed E-state index contributed by atoms with van der Waals surface area (Å²) in [4.78, 5) is 11.9. The van der Waals surface area contributed by atoms with Gasteiger partial charge in [-0.05, 0) is 30.7 Å². The second kappa shape index (κ2) is 5.49. The molecule has 108 valence electrons. The van der Waals surface area contributed by atoms with E-state index in [2.05, 4.69) is 10.5 Å². The summed E-state index contributed by atoms with van der Waals surface area (Å²) in [7, 11) is -3.07. The normalized spacial score (nSPS) is 21.6. The van der Waals surface area contributed by atoms with Crippen LogP contribution in [0.3, 0.4) is 0 Å². The number of sulfone groups is 1. The number of nitrogens with one attached hydrogen (secondary N) is 1. The van der Waals surface area contributed by atoms with Crippen molar-refractivity contribution in [2.45, 2.75) is 6.42 Å². The molecule has 1 aliphatic heterocycles. The molecule has 20 heavy (non-hydrogen) atoms. The van der Waals surface area contributed by atoms with E-state index in [-0.39, 0.29) is 23.2 Å². The molecule has 2 rings (SSSR count). The number of carbonyl (C=O) groups excluding carboxylic acids is 1. The van der Waals surface area contributed by atoms with E-state index >= 15 is 0 Å². The zero-order valence-corrected chi connectivity index (χ0v) is 11.4. The smallest absolute Gasteiger partial charge is 0.228 e. The van der Waals surface area contributed by atoms with Crippen molar-refractivity contribution in [3.8, 4) is 0 Å². The fourth-order valence-electron chi connectivity index (χ4n) is 2.03. The van der Waals surface area contributed by atoms with Crippen LogP contribution in [-0.4, -0.2) is 36.9 Å². The highest BCUT2D eigenvalue weighted by atomic mass is 32.2. The van der Waals surface area contributed by atoms with Crippen molar-refractivity contribution in [3.63, 3.8) is 0 Å². The number of nitrogens with zero attached hydrogens (tertiary/aromatic N) is 1. The predicted molar refractivity (Wildman–Crippen MR) is 74.3 cm³/mol. The van der Waals surface area contributed by atoms with Gasteiger partial charge < -0.3 is 16.3 Å². The number of nitrogens with two attached hydrogens (primary N) is 1. The van der Waals surface area contributed by atoms with Gasteiger partial charge in [-0.25, -0.2) is 8.42 Å². The largest absolute Gasteiger partial charge is 0.409 e. The van der Waals surface area contributed by atoms with Crippen molar-refractivity contribution in [3.05, 3.63) is 29.8 Å². The van der Waals surface area contributed by atoms with Crippen LogP contribution in [0.4, 0.5) is 5.69 Å². The molecule has 4 N–H and O–H groups in total. The van der Waals surface area contributed by atoms with E-state index < -0.39 is 15.8 Å². The molecular weight excluding hydrogens is 282 g/mol. The molecule has 1 atom stereocenters. The Balaban J connectivity index is 2.02. The fraction of sp³-hybridized carbons (Fsp3) is 0.333. The maximum atomic E-state index is 11.9. The van der Waals surface area contributed by atoms with Crippen molar-refractivity contribution in [1.29, 1.82) is 0 Å². The molecule has 0 bridgehead atoms. The molecule has 0 aromatic heterocycles. The minimum atomic E-state index is -3.07. The molecule has 1 aliphatic rings. The Morgan fingerprint density at radius 2 is 2.00 bits per heavy atom. The number of hydrogen-bond acceptors (Lipinski definition) is 5. The molecule has 0 radical (unpaired) electrons. The molecule has 1 fully saturated rings. The Hall–Kier alpha value is -2.09. The number of benzene rings is 1. The van der Waals surface area contributed by atoms with Crippen molar-refractivity contribution in [2.75, 3.05) is 16.8 Å². The van der Waals surface area contributed by atoms with Crippen LogP contribution in [0.1, 0.15) is 12.0 Å². The van der Waals surface area contributed by atoms with Crippen LogP contribution < -0.4 is 11.1 Å². The summed E-state index contributed by atoms with van der Waals surface area (Å²) < 4.78 is 22.6. The summed E-state index contributed by atoms with van der Waals surface area (Å²) in [6.45, 7) is 0. The Kier molecular flexibility index (Phi) is 3.93. The van der Waals surface area contributed by atoms with Crippen LogP contribution in [-0.2, 0) is 14.6 Å². The van der Waals surface area contributed by atoms with E-state index in [4.69, 9.17) is 10.9 Å². The van der Waals surface area contributed by atoms with Crippen LogP contribution in [0.25, 0.3) is 0 Å². The van der Waals surface area contributed by atoms with Gasteiger partial charge >= 0.3 is 0 Å². The van der Waals surface area contributed by atoms with Gasteiger partial charge in [0.2, 0.25) is 5.91 Å².